The largest absolute Gasteiger partial charge is 0.494 e. The first-order valence-electron chi connectivity index (χ1n) is 11.5. The van der Waals surface area contributed by atoms with Crippen LogP contribution in [-0.4, -0.2) is 15.8 Å². The van der Waals surface area contributed by atoms with Gasteiger partial charge in [0.2, 0.25) is 0 Å². The fourth-order valence-corrected chi connectivity index (χ4v) is 4.73. The second-order valence-corrected chi connectivity index (χ2v) is 9.00. The van der Waals surface area contributed by atoms with Gasteiger partial charge in [-0.25, -0.2) is 4.99 Å². The minimum absolute atomic E-state index is 0.0679. The Morgan fingerprint density at radius 1 is 0.970 bits per heavy atom. The zero-order valence-corrected chi connectivity index (χ0v) is 19.9. The SMILES string of the molecule is CCCC(N)(CCC)c1ccc(N=C(c2ccccc2)c2c(O)[nH]c3cc(Cl)ccc23)cc1. The van der Waals surface area contributed by atoms with Crippen molar-refractivity contribution in [2.24, 2.45) is 10.7 Å². The molecule has 0 aliphatic heterocycles. The molecule has 5 heteroatoms. The van der Waals surface area contributed by atoms with Gasteiger partial charge in [-0.15, -0.1) is 0 Å². The van der Waals surface area contributed by atoms with Crippen LogP contribution in [0.5, 0.6) is 5.88 Å². The third kappa shape index (κ3) is 4.82. The molecule has 0 saturated carbocycles. The van der Waals surface area contributed by atoms with Crippen LogP contribution in [0.25, 0.3) is 10.9 Å². The van der Waals surface area contributed by atoms with Crippen molar-refractivity contribution in [1.29, 1.82) is 0 Å². The van der Waals surface area contributed by atoms with Crippen LogP contribution in [0.3, 0.4) is 0 Å². The van der Waals surface area contributed by atoms with Crippen LogP contribution in [0.2, 0.25) is 5.02 Å². The Bertz CT molecular complexity index is 1250. The highest BCUT2D eigenvalue weighted by Gasteiger charge is 2.25. The molecule has 0 amide bonds. The second kappa shape index (κ2) is 9.82. The lowest BCUT2D eigenvalue weighted by molar-refractivity contribution is 0.369. The summed E-state index contributed by atoms with van der Waals surface area (Å²) in [5.74, 6) is 0.0679. The Kier molecular flexibility index (Phi) is 6.87. The molecule has 4 rings (SSSR count). The Labute approximate surface area is 200 Å². The minimum Gasteiger partial charge on any atom is -0.494 e. The number of halogens is 1. The maximum atomic E-state index is 10.8. The van der Waals surface area contributed by atoms with Crippen molar-refractivity contribution in [3.8, 4) is 5.88 Å². The molecule has 0 radical (unpaired) electrons. The van der Waals surface area contributed by atoms with Crippen LogP contribution >= 0.6 is 11.6 Å². The topological polar surface area (TPSA) is 74.4 Å². The standard InChI is InChI=1S/C28H30ClN3O/c1-3-16-28(30,17-4-2)20-10-13-22(14-11-20)31-26(19-8-6-5-7-9-19)25-23-15-12-21(29)18-24(23)32-27(25)33/h5-15,18,32-33H,3-4,16-17,30H2,1-2H3. The molecule has 1 aromatic heterocycles. The van der Waals surface area contributed by atoms with Gasteiger partial charge in [-0.1, -0.05) is 86.8 Å². The summed E-state index contributed by atoms with van der Waals surface area (Å²) in [7, 11) is 0. The fourth-order valence-electron chi connectivity index (χ4n) is 4.56. The molecule has 0 atom stereocenters. The molecule has 0 saturated heterocycles. The highest BCUT2D eigenvalue weighted by molar-refractivity contribution is 6.31. The van der Waals surface area contributed by atoms with Gasteiger partial charge >= 0.3 is 0 Å². The van der Waals surface area contributed by atoms with Gasteiger partial charge in [0.1, 0.15) is 0 Å². The monoisotopic (exact) mass is 459 g/mol. The fraction of sp³-hybridized carbons (Fsp3) is 0.250. The number of aliphatic imine (C=N–C) groups is 1. The van der Waals surface area contributed by atoms with E-state index in [9.17, 15) is 5.11 Å². The number of nitrogens with two attached hydrogens (primary N) is 1. The maximum absolute atomic E-state index is 10.8. The maximum Gasteiger partial charge on any atom is 0.199 e. The summed E-state index contributed by atoms with van der Waals surface area (Å²) >= 11 is 6.16. The van der Waals surface area contributed by atoms with E-state index in [4.69, 9.17) is 22.3 Å². The second-order valence-electron chi connectivity index (χ2n) is 8.57. The normalized spacial score (nSPS) is 12.4. The van der Waals surface area contributed by atoms with Crippen molar-refractivity contribution in [3.63, 3.8) is 0 Å². The molecule has 4 aromatic rings. The van der Waals surface area contributed by atoms with Gasteiger partial charge in [-0.3, -0.25) is 0 Å². The molecule has 4 N–H and O–H groups in total. The first kappa shape index (κ1) is 23.1. The molecule has 3 aromatic carbocycles. The number of aromatic nitrogens is 1. The van der Waals surface area contributed by atoms with Gasteiger partial charge in [0.25, 0.3) is 0 Å². The highest BCUT2D eigenvalue weighted by atomic mass is 35.5. The van der Waals surface area contributed by atoms with Gasteiger partial charge < -0.3 is 15.8 Å². The molecule has 0 spiro atoms. The van der Waals surface area contributed by atoms with E-state index in [0.717, 1.165) is 53.4 Å². The lowest BCUT2D eigenvalue weighted by Gasteiger charge is -2.29. The summed E-state index contributed by atoms with van der Waals surface area (Å²) in [5, 5.41) is 12.3. The van der Waals surface area contributed by atoms with Crippen LogP contribution in [0, 0.1) is 0 Å². The van der Waals surface area contributed by atoms with E-state index in [-0.39, 0.29) is 11.4 Å². The number of H-pyrrole nitrogens is 1. The van der Waals surface area contributed by atoms with Gasteiger partial charge in [0.15, 0.2) is 5.88 Å². The zero-order valence-electron chi connectivity index (χ0n) is 19.1. The van der Waals surface area contributed by atoms with E-state index in [0.29, 0.717) is 16.3 Å². The molecular weight excluding hydrogens is 430 g/mol. The zero-order chi connectivity index (χ0) is 23.4. The van der Waals surface area contributed by atoms with Gasteiger partial charge in [0, 0.05) is 21.5 Å². The number of fused-ring (bicyclic) bond motifs is 1. The molecule has 0 aliphatic carbocycles. The van der Waals surface area contributed by atoms with E-state index in [1.807, 2.05) is 54.6 Å². The average molecular weight is 460 g/mol. The van der Waals surface area contributed by atoms with E-state index >= 15 is 0 Å². The Morgan fingerprint density at radius 2 is 1.64 bits per heavy atom. The van der Waals surface area contributed by atoms with E-state index in [2.05, 4.69) is 31.0 Å². The molecule has 170 valence electrons. The number of hydrogen-bond acceptors (Lipinski definition) is 3. The Morgan fingerprint density at radius 3 is 2.27 bits per heavy atom. The number of nitrogens with one attached hydrogen (secondary N) is 1. The number of aromatic amines is 1. The van der Waals surface area contributed by atoms with Crippen molar-refractivity contribution >= 4 is 33.9 Å². The first-order valence-corrected chi connectivity index (χ1v) is 11.9. The summed E-state index contributed by atoms with van der Waals surface area (Å²) in [6.45, 7) is 4.34. The number of hydrogen-bond donors (Lipinski definition) is 3. The molecule has 0 bridgehead atoms. The molecule has 0 fully saturated rings. The third-order valence-electron chi connectivity index (χ3n) is 6.10. The van der Waals surface area contributed by atoms with Crippen LogP contribution in [-0.2, 0) is 5.54 Å². The molecule has 1 heterocycles. The molecule has 4 nitrogen and oxygen atoms in total. The number of benzene rings is 3. The van der Waals surface area contributed by atoms with Crippen LogP contribution < -0.4 is 5.73 Å². The molecular formula is C28H30ClN3O. The average Bonchev–Trinajstić information content (AvgIpc) is 3.13. The molecule has 0 aliphatic rings. The van der Waals surface area contributed by atoms with Crippen molar-refractivity contribution < 1.29 is 5.11 Å². The van der Waals surface area contributed by atoms with Crippen molar-refractivity contribution in [3.05, 3.63) is 94.5 Å². The summed E-state index contributed by atoms with van der Waals surface area (Å²) < 4.78 is 0. The number of rotatable bonds is 8. The predicted octanol–water partition coefficient (Wildman–Crippen LogP) is 7.45. The first-order chi connectivity index (χ1) is 15.9. The summed E-state index contributed by atoms with van der Waals surface area (Å²) in [5.41, 5.74) is 11.4. The highest BCUT2D eigenvalue weighted by Crippen LogP contribution is 2.34. The number of aromatic hydroxyl groups is 1. The van der Waals surface area contributed by atoms with Crippen LogP contribution in [0.4, 0.5) is 5.69 Å². The quantitative estimate of drug-likeness (QED) is 0.239. The number of nitrogens with zero attached hydrogens (tertiary/aromatic N) is 1. The molecule has 33 heavy (non-hydrogen) atoms. The summed E-state index contributed by atoms with van der Waals surface area (Å²) in [6.07, 6.45) is 3.98. The van der Waals surface area contributed by atoms with E-state index < -0.39 is 0 Å². The Hall–Kier alpha value is -3.08. The van der Waals surface area contributed by atoms with Gasteiger partial charge in [-0.05, 0) is 42.7 Å². The lowest BCUT2D eigenvalue weighted by Crippen LogP contribution is -2.36. The van der Waals surface area contributed by atoms with E-state index in [1.54, 1.807) is 6.07 Å². The van der Waals surface area contributed by atoms with Crippen molar-refractivity contribution in [2.75, 3.05) is 0 Å². The lowest BCUT2D eigenvalue weighted by atomic mass is 9.83. The smallest absolute Gasteiger partial charge is 0.199 e. The Balaban J connectivity index is 1.82. The predicted molar refractivity (Wildman–Crippen MR) is 139 cm³/mol. The van der Waals surface area contributed by atoms with Crippen molar-refractivity contribution in [1.82, 2.24) is 4.98 Å². The van der Waals surface area contributed by atoms with Crippen LogP contribution in [0.15, 0.2) is 77.8 Å². The van der Waals surface area contributed by atoms with Gasteiger partial charge in [0.05, 0.1) is 22.5 Å². The third-order valence-corrected chi connectivity index (χ3v) is 6.34. The van der Waals surface area contributed by atoms with E-state index in [1.165, 1.54) is 0 Å². The minimum atomic E-state index is -0.317. The summed E-state index contributed by atoms with van der Waals surface area (Å²) in [6, 6.07) is 23.6. The van der Waals surface area contributed by atoms with Crippen LogP contribution in [0.1, 0.15) is 56.2 Å². The van der Waals surface area contributed by atoms with Gasteiger partial charge in [-0.2, -0.15) is 0 Å². The van der Waals surface area contributed by atoms with Crippen molar-refractivity contribution in [2.45, 2.75) is 45.1 Å². The summed E-state index contributed by atoms with van der Waals surface area (Å²) in [4.78, 5) is 8.02. The molecule has 0 unspecified atom stereocenters.